The van der Waals surface area contributed by atoms with E-state index in [1.165, 1.54) is 21.3 Å². The van der Waals surface area contributed by atoms with Crippen LogP contribution in [-0.4, -0.2) is 45.7 Å². The summed E-state index contributed by atoms with van der Waals surface area (Å²) < 4.78 is 14.9. The van der Waals surface area contributed by atoms with E-state index in [9.17, 15) is 9.59 Å². The van der Waals surface area contributed by atoms with Gasteiger partial charge in [0, 0.05) is 5.56 Å². The minimum atomic E-state index is -0.624. The molecule has 1 rings (SSSR count). The Morgan fingerprint density at radius 3 is 2.33 bits per heavy atom. The van der Waals surface area contributed by atoms with E-state index in [0.29, 0.717) is 23.6 Å². The van der Waals surface area contributed by atoms with Crippen molar-refractivity contribution in [1.82, 2.24) is 5.32 Å². The van der Waals surface area contributed by atoms with Crippen LogP contribution in [0.4, 0.5) is 0 Å². The summed E-state index contributed by atoms with van der Waals surface area (Å²) in [6, 6.07) is 4.28. The zero-order valence-electron chi connectivity index (χ0n) is 12.8. The molecule has 0 saturated heterocycles. The average molecular weight is 295 g/mol. The molecule has 0 aromatic heterocycles. The fourth-order valence-corrected chi connectivity index (χ4v) is 1.94. The Kier molecular flexibility index (Phi) is 6.68. The van der Waals surface area contributed by atoms with Gasteiger partial charge in [0.15, 0.2) is 17.3 Å². The van der Waals surface area contributed by atoms with Crippen LogP contribution in [0.2, 0.25) is 0 Å². The molecule has 0 heterocycles. The highest BCUT2D eigenvalue weighted by molar-refractivity contribution is 6.02. The molecule has 1 aromatic rings. The second-order valence-electron chi connectivity index (χ2n) is 4.32. The number of carbonyl (C=O) groups excluding carboxylic acids is 2. The van der Waals surface area contributed by atoms with Crippen molar-refractivity contribution < 1.29 is 23.8 Å². The van der Waals surface area contributed by atoms with Gasteiger partial charge in [0.1, 0.15) is 0 Å². The predicted molar refractivity (Wildman–Crippen MR) is 78.0 cm³/mol. The molecule has 0 radical (unpaired) electrons. The highest BCUT2D eigenvalue weighted by Crippen LogP contribution is 2.28. The lowest BCUT2D eigenvalue weighted by molar-refractivity contribution is -0.140. The van der Waals surface area contributed by atoms with Crippen molar-refractivity contribution in [2.75, 3.05) is 27.9 Å². The number of methoxy groups -OCH3 is 3. The maximum atomic E-state index is 12.5. The fourth-order valence-electron chi connectivity index (χ4n) is 1.94. The molecular weight excluding hydrogens is 274 g/mol. The maximum absolute atomic E-state index is 12.5. The number of ether oxygens (including phenoxy) is 3. The molecule has 1 N–H and O–H groups in total. The molecule has 0 aliphatic carbocycles. The van der Waals surface area contributed by atoms with E-state index < -0.39 is 12.0 Å². The van der Waals surface area contributed by atoms with E-state index in [1.807, 2.05) is 6.92 Å². The molecule has 0 fully saturated rings. The molecule has 6 nitrogen and oxygen atoms in total. The van der Waals surface area contributed by atoms with Gasteiger partial charge < -0.3 is 19.5 Å². The van der Waals surface area contributed by atoms with Gasteiger partial charge in [-0.2, -0.15) is 0 Å². The summed E-state index contributed by atoms with van der Waals surface area (Å²) in [7, 11) is 4.33. The normalized spacial score (nSPS) is 11.6. The topological polar surface area (TPSA) is 73.9 Å². The van der Waals surface area contributed by atoms with Crippen LogP contribution in [0.15, 0.2) is 18.2 Å². The Morgan fingerprint density at radius 1 is 1.14 bits per heavy atom. The van der Waals surface area contributed by atoms with Crippen LogP contribution in [0.3, 0.4) is 0 Å². The molecule has 21 heavy (non-hydrogen) atoms. The largest absolute Gasteiger partial charge is 0.493 e. The number of Topliss-reactive ketones (excluding diaryl/α,β-unsaturated/α-hetero) is 1. The van der Waals surface area contributed by atoms with Gasteiger partial charge in [-0.3, -0.25) is 9.59 Å². The van der Waals surface area contributed by atoms with Crippen molar-refractivity contribution in [2.24, 2.45) is 0 Å². The molecule has 0 amide bonds. The molecule has 6 heteroatoms. The molecule has 1 atom stereocenters. The number of carbonyl (C=O) groups is 2. The lowest BCUT2D eigenvalue weighted by Crippen LogP contribution is -2.38. The average Bonchev–Trinajstić information content (AvgIpc) is 2.52. The highest BCUT2D eigenvalue weighted by atomic mass is 16.5. The molecule has 0 spiro atoms. The number of hydrogen-bond acceptors (Lipinski definition) is 6. The molecule has 0 aliphatic rings. The Balaban J connectivity index is 3.00. The van der Waals surface area contributed by atoms with Crippen molar-refractivity contribution in [3.63, 3.8) is 0 Å². The first-order chi connectivity index (χ1) is 10.1. The number of nitrogens with one attached hydrogen (secondary N) is 1. The number of esters is 1. The quantitative estimate of drug-likeness (QED) is 0.577. The van der Waals surface area contributed by atoms with Crippen LogP contribution in [0.1, 0.15) is 23.7 Å². The van der Waals surface area contributed by atoms with Gasteiger partial charge in [0.25, 0.3) is 0 Å². The summed E-state index contributed by atoms with van der Waals surface area (Å²) in [6.45, 7) is 2.44. The highest BCUT2D eigenvalue weighted by Gasteiger charge is 2.23. The summed E-state index contributed by atoms with van der Waals surface area (Å²) in [5, 5.41) is 2.99. The zero-order valence-corrected chi connectivity index (χ0v) is 12.8. The molecule has 116 valence electrons. The first-order valence-corrected chi connectivity index (χ1v) is 6.63. The van der Waals surface area contributed by atoms with E-state index in [1.54, 1.807) is 18.2 Å². The van der Waals surface area contributed by atoms with Crippen LogP contribution in [0.25, 0.3) is 0 Å². The van der Waals surface area contributed by atoms with E-state index in [2.05, 4.69) is 10.1 Å². The van der Waals surface area contributed by atoms with Gasteiger partial charge in [-0.25, -0.2) is 0 Å². The van der Waals surface area contributed by atoms with Crippen LogP contribution in [0.5, 0.6) is 11.5 Å². The molecule has 1 aromatic carbocycles. The van der Waals surface area contributed by atoms with E-state index in [0.717, 1.165) is 0 Å². The first-order valence-electron chi connectivity index (χ1n) is 6.63. The van der Waals surface area contributed by atoms with E-state index in [4.69, 9.17) is 9.47 Å². The third-order valence-corrected chi connectivity index (χ3v) is 3.03. The summed E-state index contributed by atoms with van der Waals surface area (Å²) in [6.07, 6.45) is -0.0164. The van der Waals surface area contributed by atoms with Crippen LogP contribution >= 0.6 is 0 Å². The third-order valence-electron chi connectivity index (χ3n) is 3.03. The Hall–Kier alpha value is -2.08. The number of likely N-dealkylation sites (N-methyl/N-ethyl adjacent to an activating group) is 1. The number of ketones is 1. The van der Waals surface area contributed by atoms with Crippen molar-refractivity contribution in [3.05, 3.63) is 23.8 Å². The Labute approximate surface area is 124 Å². The zero-order chi connectivity index (χ0) is 15.8. The lowest BCUT2D eigenvalue weighted by atomic mass is 10.0. The standard InChI is InChI=1S/C15H21NO5/c1-5-16-11(9-14(17)21-4)15(18)10-6-7-12(19-2)13(8-10)20-3/h6-8,11,16H,5,9H2,1-4H3. The number of hydrogen-bond donors (Lipinski definition) is 1. The third kappa shape index (κ3) is 4.46. The van der Waals surface area contributed by atoms with Gasteiger partial charge in [-0.1, -0.05) is 6.92 Å². The van der Waals surface area contributed by atoms with Crippen LogP contribution in [-0.2, 0) is 9.53 Å². The van der Waals surface area contributed by atoms with Gasteiger partial charge in [0.2, 0.25) is 0 Å². The molecular formula is C15H21NO5. The Morgan fingerprint density at radius 2 is 1.81 bits per heavy atom. The maximum Gasteiger partial charge on any atom is 0.307 e. The minimum absolute atomic E-state index is 0.0164. The van der Waals surface area contributed by atoms with Crippen LogP contribution in [0, 0.1) is 0 Å². The minimum Gasteiger partial charge on any atom is -0.493 e. The summed E-state index contributed by atoms with van der Waals surface area (Å²) in [5.41, 5.74) is 0.447. The summed E-state index contributed by atoms with van der Waals surface area (Å²) >= 11 is 0. The van der Waals surface area contributed by atoms with Crippen molar-refractivity contribution >= 4 is 11.8 Å². The van der Waals surface area contributed by atoms with Gasteiger partial charge in [-0.15, -0.1) is 0 Å². The number of benzene rings is 1. The van der Waals surface area contributed by atoms with E-state index >= 15 is 0 Å². The van der Waals surface area contributed by atoms with Gasteiger partial charge >= 0.3 is 5.97 Å². The Bertz CT molecular complexity index is 501. The predicted octanol–water partition coefficient (Wildman–Crippen LogP) is 1.43. The van der Waals surface area contributed by atoms with Gasteiger partial charge in [-0.05, 0) is 24.7 Å². The van der Waals surface area contributed by atoms with Gasteiger partial charge in [0.05, 0.1) is 33.8 Å². The molecule has 0 saturated carbocycles. The summed E-state index contributed by atoms with van der Waals surface area (Å²) in [4.78, 5) is 23.9. The second-order valence-corrected chi connectivity index (χ2v) is 4.32. The fraction of sp³-hybridized carbons (Fsp3) is 0.467. The number of rotatable bonds is 8. The van der Waals surface area contributed by atoms with Crippen LogP contribution < -0.4 is 14.8 Å². The lowest BCUT2D eigenvalue weighted by Gasteiger charge is -2.16. The van der Waals surface area contributed by atoms with Crippen molar-refractivity contribution in [2.45, 2.75) is 19.4 Å². The van der Waals surface area contributed by atoms with Crippen molar-refractivity contribution in [3.8, 4) is 11.5 Å². The molecule has 0 aliphatic heterocycles. The molecule has 1 unspecified atom stereocenters. The molecule has 0 bridgehead atoms. The first kappa shape index (κ1) is 17.0. The monoisotopic (exact) mass is 295 g/mol. The van der Waals surface area contributed by atoms with Crippen molar-refractivity contribution in [1.29, 1.82) is 0 Å². The SMILES string of the molecule is CCNC(CC(=O)OC)C(=O)c1ccc(OC)c(OC)c1. The second kappa shape index (κ2) is 8.26. The summed E-state index contributed by atoms with van der Waals surface area (Å²) in [5.74, 6) is 0.386. The smallest absolute Gasteiger partial charge is 0.307 e. The van der Waals surface area contributed by atoms with E-state index in [-0.39, 0.29) is 12.2 Å².